The normalized spacial score (nSPS) is 18.6. The molecule has 3 aromatic rings. The van der Waals surface area contributed by atoms with Crippen LogP contribution in [0.3, 0.4) is 0 Å². The van der Waals surface area contributed by atoms with E-state index in [1.165, 1.54) is 35.7 Å². The summed E-state index contributed by atoms with van der Waals surface area (Å²) in [6, 6.07) is 6.89. The second-order valence-electron chi connectivity index (χ2n) is 6.34. The number of benzene rings is 1. The molecule has 3 heterocycles. The second-order valence-corrected chi connectivity index (χ2v) is 7.21. The zero-order chi connectivity index (χ0) is 21.5. The third-order valence-electron chi connectivity index (χ3n) is 4.47. The summed E-state index contributed by atoms with van der Waals surface area (Å²) in [4.78, 5) is 12.9. The first-order valence-corrected chi connectivity index (χ1v) is 9.03. The van der Waals surface area contributed by atoms with Crippen molar-refractivity contribution in [2.24, 2.45) is 5.16 Å². The summed E-state index contributed by atoms with van der Waals surface area (Å²) in [5.41, 5.74) is -2.80. The molecule has 0 aliphatic carbocycles. The molecule has 12 heteroatoms. The van der Waals surface area contributed by atoms with Gasteiger partial charge in [-0.3, -0.25) is 0 Å². The summed E-state index contributed by atoms with van der Waals surface area (Å²) in [5, 5.41) is 17.0. The number of nitrogens with zero attached hydrogens (tertiary/aromatic N) is 6. The molecular formula is C18H9Cl2F3N6O. The highest BCUT2D eigenvalue weighted by Crippen LogP contribution is 2.49. The molecule has 30 heavy (non-hydrogen) atoms. The predicted octanol–water partition coefficient (Wildman–Crippen LogP) is 4.42. The van der Waals surface area contributed by atoms with E-state index >= 15 is 0 Å². The standard InChI is InChI=1S/C18H9Cl2F3N6O/c19-13-2-12(3-14(20)4-13)17(18(21,22)23)5-15(28-30-17)11-1-10(6-24)16(26-7-11)29-9-25-8-27-29/h1-4,7-9H,5H2. The molecule has 1 aliphatic rings. The van der Waals surface area contributed by atoms with Gasteiger partial charge in [-0.2, -0.15) is 23.5 Å². The Kier molecular flexibility index (Phi) is 4.88. The smallest absolute Gasteiger partial charge is 0.374 e. The van der Waals surface area contributed by atoms with Crippen LogP contribution >= 0.6 is 23.2 Å². The minimum absolute atomic E-state index is 0.0300. The number of hydrogen-bond acceptors (Lipinski definition) is 6. The molecule has 0 bridgehead atoms. The minimum atomic E-state index is -4.82. The van der Waals surface area contributed by atoms with Crippen molar-refractivity contribution in [1.82, 2.24) is 19.7 Å². The lowest BCUT2D eigenvalue weighted by molar-refractivity contribution is -0.275. The molecule has 0 radical (unpaired) electrons. The van der Waals surface area contributed by atoms with Crippen LogP contribution in [0.4, 0.5) is 13.2 Å². The van der Waals surface area contributed by atoms with Gasteiger partial charge in [0.25, 0.3) is 5.60 Å². The van der Waals surface area contributed by atoms with Crippen molar-refractivity contribution >= 4 is 28.9 Å². The van der Waals surface area contributed by atoms with Crippen molar-refractivity contribution in [3.8, 4) is 11.9 Å². The van der Waals surface area contributed by atoms with Crippen LogP contribution in [0.1, 0.15) is 23.1 Å². The summed E-state index contributed by atoms with van der Waals surface area (Å²) in [5.74, 6) is 0.182. The van der Waals surface area contributed by atoms with Gasteiger partial charge in [-0.25, -0.2) is 14.6 Å². The van der Waals surface area contributed by atoms with Crippen LogP contribution in [0.2, 0.25) is 10.0 Å². The minimum Gasteiger partial charge on any atom is -0.374 e. The topological polar surface area (TPSA) is 89.0 Å². The third kappa shape index (κ3) is 3.36. The summed E-state index contributed by atoms with van der Waals surface area (Å²) in [6.07, 6.45) is -1.58. The Balaban J connectivity index is 1.74. The van der Waals surface area contributed by atoms with Crippen LogP contribution in [0, 0.1) is 11.3 Å². The maximum Gasteiger partial charge on any atom is 0.435 e. The molecular weight excluding hydrogens is 444 g/mol. The molecule has 0 saturated carbocycles. The fraction of sp³-hybridized carbons (Fsp3) is 0.167. The van der Waals surface area contributed by atoms with Gasteiger partial charge in [0.1, 0.15) is 18.7 Å². The zero-order valence-electron chi connectivity index (χ0n) is 14.7. The number of alkyl halides is 3. The Morgan fingerprint density at radius 3 is 2.50 bits per heavy atom. The van der Waals surface area contributed by atoms with E-state index in [0.717, 1.165) is 12.1 Å². The average molecular weight is 453 g/mol. The van der Waals surface area contributed by atoms with Crippen molar-refractivity contribution in [2.45, 2.75) is 18.2 Å². The molecule has 1 aromatic carbocycles. The van der Waals surface area contributed by atoms with Crippen molar-refractivity contribution in [3.05, 3.63) is 69.9 Å². The molecule has 1 unspecified atom stereocenters. The van der Waals surface area contributed by atoms with E-state index in [1.54, 1.807) is 0 Å². The van der Waals surface area contributed by atoms with Gasteiger partial charge < -0.3 is 4.84 Å². The molecule has 0 spiro atoms. The largest absolute Gasteiger partial charge is 0.435 e. The Morgan fingerprint density at radius 2 is 1.90 bits per heavy atom. The van der Waals surface area contributed by atoms with Crippen molar-refractivity contribution in [1.29, 1.82) is 5.26 Å². The van der Waals surface area contributed by atoms with Crippen LogP contribution in [0.25, 0.3) is 5.82 Å². The Morgan fingerprint density at radius 1 is 1.17 bits per heavy atom. The van der Waals surface area contributed by atoms with Gasteiger partial charge in [-0.15, -0.1) is 0 Å². The Hall–Kier alpha value is -3.16. The van der Waals surface area contributed by atoms with Gasteiger partial charge in [-0.05, 0) is 24.3 Å². The molecule has 0 amide bonds. The first-order valence-electron chi connectivity index (χ1n) is 8.27. The van der Waals surface area contributed by atoms with Gasteiger partial charge in [0.15, 0.2) is 5.82 Å². The zero-order valence-corrected chi connectivity index (χ0v) is 16.2. The van der Waals surface area contributed by atoms with Gasteiger partial charge in [0.05, 0.1) is 17.7 Å². The summed E-state index contributed by atoms with van der Waals surface area (Å²) in [6.45, 7) is 0. The van der Waals surface area contributed by atoms with Gasteiger partial charge in [-0.1, -0.05) is 28.4 Å². The van der Waals surface area contributed by atoms with Gasteiger partial charge in [0.2, 0.25) is 0 Å². The van der Waals surface area contributed by atoms with E-state index in [-0.39, 0.29) is 38.3 Å². The number of rotatable bonds is 3. The lowest BCUT2D eigenvalue weighted by Crippen LogP contribution is -2.42. The fourth-order valence-corrected chi connectivity index (χ4v) is 3.57. The van der Waals surface area contributed by atoms with E-state index in [9.17, 15) is 18.4 Å². The first-order chi connectivity index (χ1) is 14.2. The first kappa shape index (κ1) is 20.1. The van der Waals surface area contributed by atoms with E-state index in [0.29, 0.717) is 0 Å². The van der Waals surface area contributed by atoms with Crippen LogP contribution in [-0.4, -0.2) is 31.6 Å². The highest BCUT2D eigenvalue weighted by atomic mass is 35.5. The molecule has 0 fully saturated rings. The van der Waals surface area contributed by atoms with Crippen LogP contribution in [-0.2, 0) is 10.4 Å². The maximum atomic E-state index is 14.1. The summed E-state index contributed by atoms with van der Waals surface area (Å²) >= 11 is 11.8. The Bertz CT molecular complexity index is 1170. The Labute approximate surface area is 177 Å². The second kappa shape index (κ2) is 7.27. The molecule has 2 aromatic heterocycles. The van der Waals surface area contributed by atoms with E-state index in [4.69, 9.17) is 28.0 Å². The number of hydrogen-bond donors (Lipinski definition) is 0. The molecule has 4 rings (SSSR count). The third-order valence-corrected chi connectivity index (χ3v) is 4.91. The monoisotopic (exact) mass is 452 g/mol. The van der Waals surface area contributed by atoms with E-state index < -0.39 is 18.2 Å². The lowest BCUT2D eigenvalue weighted by atomic mass is 9.86. The highest BCUT2D eigenvalue weighted by Gasteiger charge is 2.62. The number of oxime groups is 1. The van der Waals surface area contributed by atoms with Gasteiger partial charge >= 0.3 is 6.18 Å². The number of nitriles is 1. The molecule has 0 N–H and O–H groups in total. The maximum absolute atomic E-state index is 14.1. The number of pyridine rings is 1. The van der Waals surface area contributed by atoms with Crippen molar-refractivity contribution in [3.63, 3.8) is 0 Å². The fourth-order valence-electron chi connectivity index (χ4n) is 3.04. The average Bonchev–Trinajstić information content (AvgIpc) is 3.37. The molecule has 7 nitrogen and oxygen atoms in total. The van der Waals surface area contributed by atoms with E-state index in [1.807, 2.05) is 6.07 Å². The molecule has 0 saturated heterocycles. The SMILES string of the molecule is N#Cc1cc(C2=NOC(c3cc(Cl)cc(Cl)c3)(C(F)(F)F)C2)cnc1-n1cncn1. The lowest BCUT2D eigenvalue weighted by Gasteiger charge is -2.29. The molecule has 1 atom stereocenters. The highest BCUT2D eigenvalue weighted by molar-refractivity contribution is 6.34. The van der Waals surface area contributed by atoms with Crippen LogP contribution in [0.5, 0.6) is 0 Å². The van der Waals surface area contributed by atoms with Gasteiger partial charge in [0, 0.05) is 27.4 Å². The van der Waals surface area contributed by atoms with Crippen molar-refractivity contribution in [2.75, 3.05) is 0 Å². The number of aromatic nitrogens is 4. The summed E-state index contributed by atoms with van der Waals surface area (Å²) in [7, 11) is 0. The van der Waals surface area contributed by atoms with E-state index in [2.05, 4.69) is 20.2 Å². The number of halogens is 5. The molecule has 152 valence electrons. The summed E-state index contributed by atoms with van der Waals surface area (Å²) < 4.78 is 43.5. The van der Waals surface area contributed by atoms with Crippen molar-refractivity contribution < 1.29 is 18.0 Å². The van der Waals surface area contributed by atoms with Crippen LogP contribution < -0.4 is 0 Å². The molecule has 1 aliphatic heterocycles. The quantitative estimate of drug-likeness (QED) is 0.586. The van der Waals surface area contributed by atoms with Crippen LogP contribution in [0.15, 0.2) is 48.3 Å². The predicted molar refractivity (Wildman–Crippen MR) is 100 cm³/mol.